The van der Waals surface area contributed by atoms with E-state index in [1.54, 1.807) is 12.1 Å². The average molecular weight is 553 g/mol. The highest BCUT2D eigenvalue weighted by molar-refractivity contribution is 9.10. The molecule has 8 heteroatoms. The number of nitrogens with zero attached hydrogens (tertiary/aromatic N) is 3. The average Bonchev–Trinajstić information content (AvgIpc) is 2.89. The van der Waals surface area contributed by atoms with Gasteiger partial charge in [-0.05, 0) is 64.3 Å². The fourth-order valence-electron chi connectivity index (χ4n) is 4.24. The third kappa shape index (κ3) is 6.71. The number of urea groups is 1. The fourth-order valence-corrected chi connectivity index (χ4v) is 4.62. The van der Waals surface area contributed by atoms with Crippen molar-refractivity contribution >= 4 is 33.6 Å². The van der Waals surface area contributed by atoms with Gasteiger partial charge >= 0.3 is 6.03 Å². The van der Waals surface area contributed by atoms with E-state index in [0.29, 0.717) is 38.3 Å². The van der Waals surface area contributed by atoms with E-state index in [0.717, 1.165) is 34.4 Å². The number of para-hydroxylation sites is 1. The van der Waals surface area contributed by atoms with Gasteiger partial charge in [-0.3, -0.25) is 9.69 Å². The van der Waals surface area contributed by atoms with Crippen molar-refractivity contribution in [3.05, 3.63) is 99.8 Å². The third-order valence-corrected chi connectivity index (χ3v) is 7.10. The number of carbonyl (C=O) groups excluding carboxylic acids is 2. The normalized spacial score (nSPS) is 13.9. The van der Waals surface area contributed by atoms with Crippen LogP contribution in [0.5, 0.6) is 0 Å². The molecule has 1 heterocycles. The zero-order valence-electron chi connectivity index (χ0n) is 20.3. The number of amides is 3. The van der Waals surface area contributed by atoms with Crippen LogP contribution in [0.4, 0.5) is 14.9 Å². The number of anilines is 1. The van der Waals surface area contributed by atoms with E-state index in [1.165, 1.54) is 12.1 Å². The van der Waals surface area contributed by atoms with Gasteiger partial charge in [0.2, 0.25) is 0 Å². The molecular weight excluding hydrogens is 523 g/mol. The van der Waals surface area contributed by atoms with E-state index < -0.39 is 0 Å². The third-order valence-electron chi connectivity index (χ3n) is 6.41. The van der Waals surface area contributed by atoms with Gasteiger partial charge in [0.25, 0.3) is 5.91 Å². The predicted molar refractivity (Wildman–Crippen MR) is 143 cm³/mol. The first-order chi connectivity index (χ1) is 17.4. The molecule has 1 N–H and O–H groups in total. The number of nitrogens with one attached hydrogen (secondary N) is 1. The molecule has 1 aliphatic rings. The predicted octanol–water partition coefficient (Wildman–Crippen LogP) is 5.39. The number of hydrogen-bond donors (Lipinski definition) is 1. The van der Waals surface area contributed by atoms with Crippen LogP contribution in [0.25, 0.3) is 0 Å². The molecular formula is C28H30BrFN4O2. The van der Waals surface area contributed by atoms with Crippen LogP contribution in [0, 0.1) is 12.7 Å². The molecule has 0 saturated carbocycles. The maximum absolute atomic E-state index is 13.4. The molecule has 0 atom stereocenters. The van der Waals surface area contributed by atoms with Gasteiger partial charge in [0.1, 0.15) is 5.82 Å². The largest absolute Gasteiger partial charge is 0.333 e. The maximum atomic E-state index is 13.4. The molecule has 0 aromatic heterocycles. The van der Waals surface area contributed by atoms with Crippen LogP contribution in [0.1, 0.15) is 21.5 Å². The van der Waals surface area contributed by atoms with Crippen molar-refractivity contribution in [2.45, 2.75) is 13.5 Å². The molecule has 0 aliphatic carbocycles. The Kier molecular flexibility index (Phi) is 8.72. The Balaban J connectivity index is 1.35. The Hall–Kier alpha value is -3.23. The standard InChI is InChI=1S/C28H30BrFN4O2/c1-21-6-2-3-7-24(21)27(35)34(20-22-10-12-23(30)13-11-22)19-16-32-14-17-33(18-15-32)28(36)31-26-9-5-4-8-25(26)29/h2-13H,14-20H2,1H3,(H,31,36). The van der Waals surface area contributed by atoms with Crippen LogP contribution in [0.15, 0.2) is 77.3 Å². The van der Waals surface area contributed by atoms with Crippen LogP contribution in [-0.2, 0) is 6.54 Å². The fraction of sp³-hybridized carbons (Fsp3) is 0.286. The summed E-state index contributed by atoms with van der Waals surface area (Å²) in [6.07, 6.45) is 0. The maximum Gasteiger partial charge on any atom is 0.321 e. The van der Waals surface area contributed by atoms with Crippen molar-refractivity contribution in [1.29, 1.82) is 0 Å². The molecule has 6 nitrogen and oxygen atoms in total. The van der Waals surface area contributed by atoms with E-state index in [4.69, 9.17) is 0 Å². The van der Waals surface area contributed by atoms with Gasteiger partial charge in [-0.2, -0.15) is 0 Å². The highest BCUT2D eigenvalue weighted by Crippen LogP contribution is 2.22. The van der Waals surface area contributed by atoms with Crippen molar-refractivity contribution in [2.24, 2.45) is 0 Å². The minimum atomic E-state index is -0.294. The molecule has 188 valence electrons. The Morgan fingerprint density at radius 2 is 1.61 bits per heavy atom. The van der Waals surface area contributed by atoms with E-state index in [-0.39, 0.29) is 17.8 Å². The van der Waals surface area contributed by atoms with Crippen LogP contribution in [0.3, 0.4) is 0 Å². The summed E-state index contributed by atoms with van der Waals surface area (Å²) in [5.41, 5.74) is 3.23. The second kappa shape index (κ2) is 12.1. The quantitative estimate of drug-likeness (QED) is 0.427. The number of aryl methyl sites for hydroxylation is 1. The van der Waals surface area contributed by atoms with Crippen molar-refractivity contribution in [3.63, 3.8) is 0 Å². The van der Waals surface area contributed by atoms with Gasteiger partial charge in [-0.15, -0.1) is 0 Å². The number of carbonyl (C=O) groups is 2. The Morgan fingerprint density at radius 3 is 2.31 bits per heavy atom. The first-order valence-corrected chi connectivity index (χ1v) is 12.8. The van der Waals surface area contributed by atoms with Gasteiger partial charge in [0.15, 0.2) is 0 Å². The lowest BCUT2D eigenvalue weighted by Crippen LogP contribution is -2.51. The van der Waals surface area contributed by atoms with Gasteiger partial charge in [0, 0.05) is 55.8 Å². The van der Waals surface area contributed by atoms with E-state index in [9.17, 15) is 14.0 Å². The van der Waals surface area contributed by atoms with E-state index in [2.05, 4.69) is 26.1 Å². The number of halogens is 2. The summed E-state index contributed by atoms with van der Waals surface area (Å²) in [6.45, 7) is 6.24. The smallest absolute Gasteiger partial charge is 0.321 e. The van der Waals surface area contributed by atoms with Crippen LogP contribution in [-0.4, -0.2) is 65.9 Å². The first-order valence-electron chi connectivity index (χ1n) is 12.0. The second-order valence-electron chi connectivity index (χ2n) is 8.91. The summed E-state index contributed by atoms with van der Waals surface area (Å²) in [5, 5.41) is 2.96. The molecule has 3 aromatic carbocycles. The van der Waals surface area contributed by atoms with Gasteiger partial charge in [-0.1, -0.05) is 42.5 Å². The topological polar surface area (TPSA) is 55.9 Å². The summed E-state index contributed by atoms with van der Waals surface area (Å²) >= 11 is 3.46. The summed E-state index contributed by atoms with van der Waals surface area (Å²) in [4.78, 5) is 32.0. The Bertz CT molecular complexity index is 1200. The summed E-state index contributed by atoms with van der Waals surface area (Å²) in [6, 6.07) is 21.3. The number of benzene rings is 3. The number of piperazine rings is 1. The number of hydrogen-bond acceptors (Lipinski definition) is 3. The van der Waals surface area contributed by atoms with Crippen molar-refractivity contribution < 1.29 is 14.0 Å². The molecule has 1 aliphatic heterocycles. The van der Waals surface area contributed by atoms with Crippen molar-refractivity contribution in [3.8, 4) is 0 Å². The SMILES string of the molecule is Cc1ccccc1C(=O)N(CCN1CCN(C(=O)Nc2ccccc2Br)CC1)Cc1ccc(F)cc1. The zero-order chi connectivity index (χ0) is 25.5. The highest BCUT2D eigenvalue weighted by Gasteiger charge is 2.23. The minimum Gasteiger partial charge on any atom is -0.333 e. The summed E-state index contributed by atoms with van der Waals surface area (Å²) < 4.78 is 14.2. The Labute approximate surface area is 219 Å². The minimum absolute atomic E-state index is 0.0381. The van der Waals surface area contributed by atoms with Gasteiger partial charge < -0.3 is 15.1 Å². The molecule has 0 radical (unpaired) electrons. The molecule has 0 unspecified atom stereocenters. The molecule has 4 rings (SSSR count). The number of rotatable bonds is 7. The van der Waals surface area contributed by atoms with Crippen LogP contribution in [0.2, 0.25) is 0 Å². The monoisotopic (exact) mass is 552 g/mol. The highest BCUT2D eigenvalue weighted by atomic mass is 79.9. The Morgan fingerprint density at radius 1 is 0.944 bits per heavy atom. The lowest BCUT2D eigenvalue weighted by Gasteiger charge is -2.36. The second-order valence-corrected chi connectivity index (χ2v) is 9.76. The lowest BCUT2D eigenvalue weighted by molar-refractivity contribution is 0.0704. The van der Waals surface area contributed by atoms with Gasteiger partial charge in [-0.25, -0.2) is 9.18 Å². The molecule has 1 saturated heterocycles. The molecule has 0 bridgehead atoms. The first kappa shape index (κ1) is 25.9. The van der Waals surface area contributed by atoms with Crippen LogP contribution >= 0.6 is 15.9 Å². The molecule has 3 aromatic rings. The summed E-state index contributed by atoms with van der Waals surface area (Å²) in [7, 11) is 0. The van der Waals surface area contributed by atoms with Gasteiger partial charge in [0.05, 0.1) is 5.69 Å². The molecule has 0 spiro atoms. The zero-order valence-corrected chi connectivity index (χ0v) is 21.9. The molecule has 3 amide bonds. The van der Waals surface area contributed by atoms with E-state index in [1.807, 2.05) is 65.3 Å². The summed E-state index contributed by atoms with van der Waals surface area (Å²) in [5.74, 6) is -0.332. The lowest BCUT2D eigenvalue weighted by atomic mass is 10.1. The van der Waals surface area contributed by atoms with Crippen molar-refractivity contribution in [2.75, 3.05) is 44.6 Å². The van der Waals surface area contributed by atoms with Crippen molar-refractivity contribution in [1.82, 2.24) is 14.7 Å². The van der Waals surface area contributed by atoms with Crippen LogP contribution < -0.4 is 5.32 Å². The molecule has 36 heavy (non-hydrogen) atoms. The van der Waals surface area contributed by atoms with E-state index >= 15 is 0 Å². The molecule has 1 fully saturated rings.